The first-order chi connectivity index (χ1) is 20.2. The highest BCUT2D eigenvalue weighted by Crippen LogP contribution is 2.65. The highest BCUT2D eigenvalue weighted by atomic mass is 19.4. The van der Waals surface area contributed by atoms with Crippen molar-refractivity contribution in [3.05, 3.63) is 0 Å². The van der Waals surface area contributed by atoms with E-state index < -0.39 is 85.4 Å². The Hall–Kier alpha value is -1.27. The molecule has 2 nitrogen and oxygen atoms in total. The van der Waals surface area contributed by atoms with Gasteiger partial charge in [0.1, 0.15) is 6.10 Å². The molecule has 1 saturated heterocycles. The lowest BCUT2D eigenvalue weighted by molar-refractivity contribution is -0.527. The first-order valence-electron chi connectivity index (χ1n) is 14.2. The third kappa shape index (κ3) is 6.46. The molecule has 3 rings (SSSR count). The molecule has 0 N–H and O–H groups in total. The van der Waals surface area contributed by atoms with Gasteiger partial charge >= 0.3 is 48.0 Å². The summed E-state index contributed by atoms with van der Waals surface area (Å²) in [4.78, 5) is 0. The molecule has 0 aromatic rings. The molecule has 0 bridgehead atoms. The molecule has 45 heavy (non-hydrogen) atoms. The molecule has 0 radical (unpaired) electrons. The number of hydrogen-bond donors (Lipinski definition) is 0. The molecule has 0 spiro atoms. The van der Waals surface area contributed by atoms with Crippen LogP contribution in [0.1, 0.15) is 71.1 Å². The van der Waals surface area contributed by atoms with Crippen molar-refractivity contribution in [2.75, 3.05) is 6.61 Å². The summed E-state index contributed by atoms with van der Waals surface area (Å²) in [6.45, 7) is -0.583. The van der Waals surface area contributed by atoms with Crippen LogP contribution in [0, 0.1) is 29.6 Å². The van der Waals surface area contributed by atoms with Crippen LogP contribution in [-0.2, 0) is 9.47 Å². The van der Waals surface area contributed by atoms with E-state index in [2.05, 4.69) is 9.47 Å². The zero-order valence-electron chi connectivity index (χ0n) is 23.5. The van der Waals surface area contributed by atoms with Gasteiger partial charge in [-0.15, -0.1) is 0 Å². The molecular formula is C26H31F17O2. The monoisotopic (exact) mass is 698 g/mol. The lowest BCUT2D eigenvalue weighted by Crippen LogP contribution is -2.83. The second-order valence-corrected chi connectivity index (χ2v) is 12.2. The van der Waals surface area contributed by atoms with Gasteiger partial charge in [-0.3, -0.25) is 0 Å². The first kappa shape index (κ1) is 38.2. The van der Waals surface area contributed by atoms with E-state index in [-0.39, 0.29) is 24.7 Å². The van der Waals surface area contributed by atoms with Crippen LogP contribution < -0.4 is 0 Å². The van der Waals surface area contributed by atoms with Crippen LogP contribution >= 0.6 is 0 Å². The van der Waals surface area contributed by atoms with Gasteiger partial charge in [0.25, 0.3) is 0 Å². The molecule has 2 unspecified atom stereocenters. The first-order valence-corrected chi connectivity index (χ1v) is 14.2. The Morgan fingerprint density at radius 3 is 1.38 bits per heavy atom. The molecule has 1 aliphatic heterocycles. The van der Waals surface area contributed by atoms with E-state index in [0.717, 1.165) is 38.5 Å². The Labute approximate surface area is 246 Å². The van der Waals surface area contributed by atoms with Crippen molar-refractivity contribution in [2.45, 2.75) is 125 Å². The van der Waals surface area contributed by atoms with Crippen LogP contribution in [0.3, 0.4) is 0 Å². The average Bonchev–Trinajstić information content (AvgIpc) is 2.84. The van der Waals surface area contributed by atoms with Crippen molar-refractivity contribution < 1.29 is 84.1 Å². The number of alkyl halides is 17. The van der Waals surface area contributed by atoms with E-state index in [4.69, 9.17) is 0 Å². The van der Waals surface area contributed by atoms with E-state index in [1.807, 2.05) is 6.92 Å². The number of ether oxygens (including phenoxy) is 2. The Balaban J connectivity index is 1.95. The van der Waals surface area contributed by atoms with Crippen LogP contribution in [0.25, 0.3) is 0 Å². The quantitative estimate of drug-likeness (QED) is 0.235. The van der Waals surface area contributed by atoms with E-state index in [0.29, 0.717) is 5.92 Å². The van der Waals surface area contributed by atoms with E-state index in [9.17, 15) is 65.9 Å². The minimum atomic E-state index is -7.31. The third-order valence-electron chi connectivity index (χ3n) is 9.68. The minimum absolute atomic E-state index is 0.0508. The number of rotatable bonds is 8. The van der Waals surface area contributed by atoms with Crippen molar-refractivity contribution in [3.63, 3.8) is 0 Å². The number of halogens is 17. The lowest BCUT2D eigenvalue weighted by atomic mass is 9.64. The largest absolute Gasteiger partial charge is 0.435 e. The van der Waals surface area contributed by atoms with Gasteiger partial charge in [-0.25, -0.2) is 0 Å². The second-order valence-electron chi connectivity index (χ2n) is 12.2. The molecule has 2 aliphatic carbocycles. The molecule has 0 aromatic carbocycles. The van der Waals surface area contributed by atoms with Crippen LogP contribution in [-0.4, -0.2) is 60.7 Å². The predicted molar refractivity (Wildman–Crippen MR) is 121 cm³/mol. The minimum Gasteiger partial charge on any atom is -0.351 e. The average molecular weight is 698 g/mol. The molecule has 3 aliphatic rings. The molecule has 2 atom stereocenters. The predicted octanol–water partition coefficient (Wildman–Crippen LogP) is 10.4. The van der Waals surface area contributed by atoms with Crippen LogP contribution in [0.2, 0.25) is 0 Å². The maximum absolute atomic E-state index is 15.0. The Morgan fingerprint density at radius 2 is 1.04 bits per heavy atom. The van der Waals surface area contributed by atoms with Gasteiger partial charge in [0, 0.05) is 5.92 Å². The summed E-state index contributed by atoms with van der Waals surface area (Å²) in [5.41, 5.74) is -13.2. The van der Waals surface area contributed by atoms with Crippen LogP contribution in [0.15, 0.2) is 0 Å². The highest BCUT2D eigenvalue weighted by molar-refractivity contribution is 5.19. The van der Waals surface area contributed by atoms with Gasteiger partial charge in [0.2, 0.25) is 0 Å². The Kier molecular flexibility index (Phi) is 10.4. The maximum Gasteiger partial charge on any atom is 0.435 e. The molecule has 19 heteroatoms. The van der Waals surface area contributed by atoms with Crippen LogP contribution in [0.4, 0.5) is 74.6 Å². The van der Waals surface area contributed by atoms with Crippen LogP contribution in [0.5, 0.6) is 0 Å². The Bertz CT molecular complexity index is 928. The summed E-state index contributed by atoms with van der Waals surface area (Å²) in [5.74, 6) is -10.2. The smallest absolute Gasteiger partial charge is 0.351 e. The summed E-state index contributed by atoms with van der Waals surface area (Å²) in [6, 6.07) is 0. The summed E-state index contributed by atoms with van der Waals surface area (Å²) < 4.78 is 238. The normalized spacial score (nSPS) is 30.9. The zero-order valence-corrected chi connectivity index (χ0v) is 23.5. The molecule has 0 amide bonds. The van der Waals surface area contributed by atoms with E-state index >= 15 is 8.78 Å². The van der Waals surface area contributed by atoms with Crippen molar-refractivity contribution in [3.8, 4) is 0 Å². The summed E-state index contributed by atoms with van der Waals surface area (Å²) in [5, 5.41) is 0. The fraction of sp³-hybridized carbons (Fsp3) is 1.00. The van der Waals surface area contributed by atoms with Gasteiger partial charge in [-0.2, -0.15) is 74.6 Å². The lowest BCUT2D eigenvalue weighted by Gasteiger charge is -2.57. The summed E-state index contributed by atoms with van der Waals surface area (Å²) in [7, 11) is 0. The van der Waals surface area contributed by atoms with Crippen molar-refractivity contribution in [2.24, 2.45) is 29.6 Å². The van der Waals surface area contributed by atoms with Crippen molar-refractivity contribution in [1.82, 2.24) is 0 Å². The van der Waals surface area contributed by atoms with E-state index in [1.165, 1.54) is 0 Å². The molecule has 1 heterocycles. The van der Waals surface area contributed by atoms with Crippen molar-refractivity contribution in [1.29, 1.82) is 0 Å². The fourth-order valence-corrected chi connectivity index (χ4v) is 7.33. The maximum atomic E-state index is 15.0. The zero-order chi connectivity index (χ0) is 34.7. The summed E-state index contributed by atoms with van der Waals surface area (Å²) in [6.07, 6.45) is -35.0. The summed E-state index contributed by atoms with van der Waals surface area (Å²) >= 11 is 0. The molecule has 2 saturated carbocycles. The fourth-order valence-electron chi connectivity index (χ4n) is 7.33. The van der Waals surface area contributed by atoms with Crippen molar-refractivity contribution >= 4 is 0 Å². The van der Waals surface area contributed by atoms with Gasteiger partial charge in [-0.05, 0) is 62.2 Å². The van der Waals surface area contributed by atoms with Gasteiger partial charge < -0.3 is 9.47 Å². The third-order valence-corrected chi connectivity index (χ3v) is 9.68. The molecule has 0 aromatic heterocycles. The van der Waals surface area contributed by atoms with Gasteiger partial charge in [0.05, 0.1) is 6.61 Å². The number of hydrogen-bond acceptors (Lipinski definition) is 2. The Morgan fingerprint density at radius 1 is 0.644 bits per heavy atom. The van der Waals surface area contributed by atoms with Gasteiger partial charge in [-0.1, -0.05) is 32.6 Å². The highest BCUT2D eigenvalue weighted by Gasteiger charge is 2.93. The second kappa shape index (κ2) is 12.3. The molecule has 3 fully saturated rings. The standard InChI is InChI=1S/C26H31F17O2/c1-2-3-13-4-6-14(7-5-13)15-8-10-16(11-9-15)17(12-44-21(24(35,36)37,25(38,39)40)26(41,42)43)18-19(27,28)20(45-18,22(29,30)31)23(32,33)34/h13-18H,2-12H2,1H3. The molecular weight excluding hydrogens is 667 g/mol. The topological polar surface area (TPSA) is 18.5 Å². The SMILES string of the molecule is CCCC1CCC(C2CCC(C(COC(C(F)(F)F)(C(F)(F)F)C(F)(F)F)C3OC(C(F)(F)F)(C(F)(F)F)C3(F)F)CC2)CC1. The van der Waals surface area contributed by atoms with E-state index in [1.54, 1.807) is 0 Å². The molecule has 266 valence electrons. The van der Waals surface area contributed by atoms with Gasteiger partial charge in [0.15, 0.2) is 0 Å².